The molecule has 5 nitrogen and oxygen atoms in total. The van der Waals surface area contributed by atoms with Gasteiger partial charge in [-0.25, -0.2) is 9.59 Å². The monoisotopic (exact) mass is 284 g/mol. The maximum Gasteiger partial charge on any atom is 0.327 e. The highest BCUT2D eigenvalue weighted by atomic mass is 32.2. The molecule has 2 atom stereocenters. The molecule has 6 heteroatoms. The zero-order valence-corrected chi connectivity index (χ0v) is 12.3. The summed E-state index contributed by atoms with van der Waals surface area (Å²) in [4.78, 5) is 24.9. The summed E-state index contributed by atoms with van der Waals surface area (Å²) in [5.74, 6) is 1.92. The fourth-order valence-corrected chi connectivity index (χ4v) is 3.38. The smallest absolute Gasteiger partial charge is 0.327 e. The van der Waals surface area contributed by atoms with Gasteiger partial charge in [-0.05, 0) is 20.3 Å². The lowest BCUT2D eigenvalue weighted by molar-refractivity contribution is -0.141. The van der Waals surface area contributed by atoms with E-state index in [1.807, 2.05) is 6.92 Å². The molecular weight excluding hydrogens is 264 g/mol. The number of nitrogens with zero attached hydrogens (tertiary/aromatic N) is 1. The number of hydrogen-bond acceptors (Lipinski definition) is 3. The average Bonchev–Trinajstić information content (AvgIpc) is 2.73. The molecule has 106 valence electrons. The summed E-state index contributed by atoms with van der Waals surface area (Å²) in [7, 11) is 0. The molecule has 0 aliphatic carbocycles. The summed E-state index contributed by atoms with van der Waals surface area (Å²) in [5.41, 5.74) is -0.788. The second-order valence-electron chi connectivity index (χ2n) is 5.04. The van der Waals surface area contributed by atoms with E-state index in [1.165, 1.54) is 16.7 Å². The molecular formula is C13H20N2O3S. The van der Waals surface area contributed by atoms with Gasteiger partial charge in [0.15, 0.2) is 0 Å². The lowest BCUT2D eigenvalue weighted by Gasteiger charge is -2.30. The number of hydrogen-bond donors (Lipinski definition) is 2. The number of thioether (sulfide) groups is 1. The van der Waals surface area contributed by atoms with Gasteiger partial charge < -0.3 is 10.4 Å². The number of rotatable bonds is 4. The topological polar surface area (TPSA) is 69.6 Å². The van der Waals surface area contributed by atoms with E-state index in [0.717, 1.165) is 12.8 Å². The summed E-state index contributed by atoms with van der Waals surface area (Å²) >= 11 is 1.51. The van der Waals surface area contributed by atoms with Crippen molar-refractivity contribution < 1.29 is 14.7 Å². The Morgan fingerprint density at radius 1 is 1.58 bits per heavy atom. The number of carbonyl (C=O) groups excluding carboxylic acids is 1. The lowest BCUT2D eigenvalue weighted by Crippen LogP contribution is -2.55. The Hall–Kier alpha value is -1.35. The third kappa shape index (κ3) is 3.80. The van der Waals surface area contributed by atoms with Gasteiger partial charge in [0, 0.05) is 5.75 Å². The van der Waals surface area contributed by atoms with E-state index >= 15 is 0 Å². The van der Waals surface area contributed by atoms with Crippen LogP contribution in [-0.4, -0.2) is 44.7 Å². The predicted octanol–water partition coefficient (Wildman–Crippen LogP) is 1.74. The van der Waals surface area contributed by atoms with Gasteiger partial charge in [0.1, 0.15) is 6.04 Å². The summed E-state index contributed by atoms with van der Waals surface area (Å²) in [6.07, 6.45) is 7.01. The van der Waals surface area contributed by atoms with Crippen LogP contribution in [0.3, 0.4) is 0 Å². The average molecular weight is 284 g/mol. The van der Waals surface area contributed by atoms with Crippen LogP contribution < -0.4 is 5.32 Å². The van der Waals surface area contributed by atoms with Crippen LogP contribution in [-0.2, 0) is 4.79 Å². The fraction of sp³-hybridized carbons (Fsp3) is 0.692. The first kappa shape index (κ1) is 15.7. The molecule has 2 unspecified atom stereocenters. The van der Waals surface area contributed by atoms with Crippen molar-refractivity contribution in [2.45, 2.75) is 50.6 Å². The van der Waals surface area contributed by atoms with Gasteiger partial charge in [0.2, 0.25) is 0 Å². The molecule has 0 aromatic rings. The number of carboxylic acid groups (broad SMARTS) is 1. The molecule has 0 spiro atoms. The summed E-state index contributed by atoms with van der Waals surface area (Å²) in [6, 6.07) is -1.19. The van der Waals surface area contributed by atoms with Crippen LogP contribution in [0.2, 0.25) is 0 Å². The zero-order valence-electron chi connectivity index (χ0n) is 11.5. The number of carboxylic acids is 1. The second kappa shape index (κ2) is 6.20. The predicted molar refractivity (Wildman–Crippen MR) is 75.9 cm³/mol. The Morgan fingerprint density at radius 2 is 2.21 bits per heavy atom. The van der Waals surface area contributed by atoms with E-state index in [-0.39, 0.29) is 5.37 Å². The van der Waals surface area contributed by atoms with Crippen molar-refractivity contribution >= 4 is 23.8 Å². The van der Waals surface area contributed by atoms with Crippen LogP contribution in [0, 0.1) is 12.3 Å². The Labute approximate surface area is 118 Å². The van der Waals surface area contributed by atoms with Gasteiger partial charge in [-0.15, -0.1) is 18.2 Å². The molecule has 0 radical (unpaired) electrons. The molecule has 0 aromatic heterocycles. The van der Waals surface area contributed by atoms with E-state index < -0.39 is 23.6 Å². The number of nitrogens with one attached hydrogen (secondary N) is 1. The number of urea groups is 1. The minimum absolute atomic E-state index is 0.0975. The number of amides is 2. The number of aliphatic carboxylic acids is 1. The summed E-state index contributed by atoms with van der Waals surface area (Å²) in [6.45, 7) is 5.42. The molecule has 1 rings (SSSR count). The second-order valence-corrected chi connectivity index (χ2v) is 6.25. The van der Waals surface area contributed by atoms with E-state index in [1.54, 1.807) is 13.8 Å². The molecule has 0 saturated carbocycles. The van der Waals surface area contributed by atoms with Crippen LogP contribution in [0.25, 0.3) is 0 Å². The molecule has 19 heavy (non-hydrogen) atoms. The van der Waals surface area contributed by atoms with Gasteiger partial charge in [-0.3, -0.25) is 4.90 Å². The van der Waals surface area contributed by atoms with E-state index in [9.17, 15) is 14.7 Å². The highest BCUT2D eigenvalue weighted by Gasteiger charge is 2.42. The normalized spacial score (nSPS) is 22.9. The number of terminal acetylenes is 1. The summed E-state index contributed by atoms with van der Waals surface area (Å²) in [5, 5.41) is 11.8. The number of carbonyl (C=O) groups is 2. The molecule has 1 fully saturated rings. The molecule has 0 bridgehead atoms. The molecule has 1 saturated heterocycles. The molecule has 2 amide bonds. The minimum atomic E-state index is -0.972. The van der Waals surface area contributed by atoms with Gasteiger partial charge >= 0.3 is 12.0 Å². The first-order valence-corrected chi connectivity index (χ1v) is 7.30. The first-order valence-electron chi connectivity index (χ1n) is 6.25. The van der Waals surface area contributed by atoms with Crippen molar-refractivity contribution in [3.8, 4) is 12.3 Å². The van der Waals surface area contributed by atoms with Crippen LogP contribution >= 0.6 is 11.8 Å². The Morgan fingerprint density at radius 3 is 2.68 bits per heavy atom. The van der Waals surface area contributed by atoms with Crippen molar-refractivity contribution in [2.24, 2.45) is 0 Å². The maximum atomic E-state index is 12.3. The van der Waals surface area contributed by atoms with E-state index in [0.29, 0.717) is 5.75 Å². The Balaban J connectivity index is 2.87. The fourth-order valence-electron chi connectivity index (χ4n) is 1.86. The molecule has 1 heterocycles. The SMILES string of the molecule is C#CC(C)(C)NC(=O)N1C(CCC)SCC1C(=O)O. The van der Waals surface area contributed by atoms with Gasteiger partial charge in [-0.2, -0.15) is 0 Å². The third-order valence-electron chi connectivity index (χ3n) is 2.93. The highest BCUT2D eigenvalue weighted by Crippen LogP contribution is 2.32. The van der Waals surface area contributed by atoms with Crippen LogP contribution in [0.4, 0.5) is 4.79 Å². The molecule has 1 aliphatic rings. The minimum Gasteiger partial charge on any atom is -0.480 e. The van der Waals surface area contributed by atoms with Crippen LogP contribution in [0.1, 0.15) is 33.6 Å². The highest BCUT2D eigenvalue weighted by molar-refractivity contribution is 8.00. The Kier molecular flexibility index (Phi) is 5.12. The van der Waals surface area contributed by atoms with Gasteiger partial charge in [0.25, 0.3) is 0 Å². The van der Waals surface area contributed by atoms with Crippen molar-refractivity contribution in [3.63, 3.8) is 0 Å². The maximum absolute atomic E-state index is 12.3. The standard InChI is InChI=1S/C13H20N2O3S/c1-5-7-10-15(9(8-19-10)11(16)17)12(18)14-13(3,4)6-2/h2,9-10H,5,7-8H2,1,3-4H3,(H,14,18)(H,16,17). The first-order chi connectivity index (χ1) is 8.82. The third-order valence-corrected chi connectivity index (χ3v) is 4.28. The van der Waals surface area contributed by atoms with E-state index in [2.05, 4.69) is 11.2 Å². The van der Waals surface area contributed by atoms with Crippen LogP contribution in [0.15, 0.2) is 0 Å². The Bertz CT molecular complexity index is 403. The van der Waals surface area contributed by atoms with Crippen molar-refractivity contribution in [3.05, 3.63) is 0 Å². The zero-order chi connectivity index (χ0) is 14.6. The van der Waals surface area contributed by atoms with Crippen molar-refractivity contribution in [1.82, 2.24) is 10.2 Å². The molecule has 1 aliphatic heterocycles. The van der Waals surface area contributed by atoms with E-state index in [4.69, 9.17) is 6.42 Å². The quantitative estimate of drug-likeness (QED) is 0.771. The van der Waals surface area contributed by atoms with Gasteiger partial charge in [0.05, 0.1) is 10.9 Å². The van der Waals surface area contributed by atoms with Gasteiger partial charge in [-0.1, -0.05) is 19.3 Å². The van der Waals surface area contributed by atoms with Crippen molar-refractivity contribution in [1.29, 1.82) is 0 Å². The lowest BCUT2D eigenvalue weighted by atomic mass is 10.1. The largest absolute Gasteiger partial charge is 0.480 e. The molecule has 0 aromatic carbocycles. The summed E-state index contributed by atoms with van der Waals surface area (Å²) < 4.78 is 0. The van der Waals surface area contributed by atoms with Crippen LogP contribution in [0.5, 0.6) is 0 Å². The molecule has 2 N–H and O–H groups in total. The van der Waals surface area contributed by atoms with Crippen molar-refractivity contribution in [2.75, 3.05) is 5.75 Å².